The van der Waals surface area contributed by atoms with Gasteiger partial charge in [-0.3, -0.25) is 4.31 Å². The number of hydrogen-bond acceptors (Lipinski definition) is 4. The summed E-state index contributed by atoms with van der Waals surface area (Å²) in [5, 5.41) is 11.7. The molecule has 7 heteroatoms. The SMILES string of the molecule is O=CC1CN(c2cc3ccccc3cc2O)S(=O)(=O)N1. The Bertz CT molecular complexity index is 788. The van der Waals surface area contributed by atoms with Crippen LogP contribution in [-0.4, -0.2) is 32.4 Å². The molecule has 1 fully saturated rings. The van der Waals surface area contributed by atoms with Gasteiger partial charge in [0.2, 0.25) is 0 Å². The molecular formula is C13H12N2O4S. The fourth-order valence-corrected chi connectivity index (χ4v) is 3.69. The van der Waals surface area contributed by atoms with Crippen molar-refractivity contribution in [2.24, 2.45) is 0 Å². The zero-order valence-corrected chi connectivity index (χ0v) is 11.2. The van der Waals surface area contributed by atoms with Gasteiger partial charge in [0, 0.05) is 0 Å². The van der Waals surface area contributed by atoms with Crippen LogP contribution in [0.2, 0.25) is 0 Å². The smallest absolute Gasteiger partial charge is 0.302 e. The standard InChI is InChI=1S/C13H12N2O4S/c16-8-11-7-15(20(18,19)14-11)12-5-9-3-1-2-4-10(9)6-13(12)17/h1-6,8,11,14,17H,7H2. The van der Waals surface area contributed by atoms with Crippen LogP contribution < -0.4 is 9.03 Å². The van der Waals surface area contributed by atoms with E-state index in [-0.39, 0.29) is 18.0 Å². The minimum absolute atomic E-state index is 0.0300. The van der Waals surface area contributed by atoms with Crippen LogP contribution in [-0.2, 0) is 15.0 Å². The summed E-state index contributed by atoms with van der Waals surface area (Å²) in [6.07, 6.45) is 0.537. The van der Waals surface area contributed by atoms with E-state index < -0.39 is 16.3 Å². The van der Waals surface area contributed by atoms with E-state index in [0.717, 1.165) is 15.1 Å². The second kappa shape index (κ2) is 4.46. The molecule has 2 aromatic rings. The molecule has 1 atom stereocenters. The first-order valence-corrected chi connectivity index (χ1v) is 7.42. The Hall–Kier alpha value is -2.12. The Morgan fingerprint density at radius 1 is 1.25 bits per heavy atom. The van der Waals surface area contributed by atoms with Crippen molar-refractivity contribution in [3.05, 3.63) is 36.4 Å². The highest BCUT2D eigenvalue weighted by Gasteiger charge is 2.36. The molecule has 0 bridgehead atoms. The van der Waals surface area contributed by atoms with Gasteiger partial charge >= 0.3 is 10.2 Å². The molecule has 1 aliphatic rings. The van der Waals surface area contributed by atoms with Crippen molar-refractivity contribution < 1.29 is 18.3 Å². The first-order chi connectivity index (χ1) is 9.51. The maximum absolute atomic E-state index is 12.0. The zero-order valence-electron chi connectivity index (χ0n) is 10.4. The first kappa shape index (κ1) is 12.9. The monoisotopic (exact) mass is 292 g/mol. The quantitative estimate of drug-likeness (QED) is 0.800. The summed E-state index contributed by atoms with van der Waals surface area (Å²) in [4.78, 5) is 10.8. The Balaban J connectivity index is 2.14. The summed E-state index contributed by atoms with van der Waals surface area (Å²) in [7, 11) is -3.80. The molecule has 1 saturated heterocycles. The molecule has 1 unspecified atom stereocenters. The van der Waals surface area contributed by atoms with Gasteiger partial charge in [-0.2, -0.15) is 13.1 Å². The molecule has 2 aromatic carbocycles. The fourth-order valence-electron chi connectivity index (χ4n) is 2.28. The normalized spacial score (nSPS) is 21.2. The number of aldehydes is 1. The van der Waals surface area contributed by atoms with E-state index in [1.54, 1.807) is 6.07 Å². The molecule has 6 nitrogen and oxygen atoms in total. The molecule has 0 aromatic heterocycles. The first-order valence-electron chi connectivity index (χ1n) is 5.98. The number of anilines is 1. The van der Waals surface area contributed by atoms with Crippen LogP contribution in [0.4, 0.5) is 5.69 Å². The van der Waals surface area contributed by atoms with Crippen LogP contribution in [0.15, 0.2) is 36.4 Å². The third-order valence-corrected chi connectivity index (χ3v) is 4.76. The summed E-state index contributed by atoms with van der Waals surface area (Å²) in [6, 6.07) is 9.61. The van der Waals surface area contributed by atoms with E-state index in [0.29, 0.717) is 6.29 Å². The third-order valence-electron chi connectivity index (χ3n) is 3.23. The molecule has 1 heterocycles. The number of nitrogens with zero attached hydrogens (tertiary/aromatic N) is 1. The summed E-state index contributed by atoms with van der Waals surface area (Å²) >= 11 is 0. The summed E-state index contributed by atoms with van der Waals surface area (Å²) in [6.45, 7) is -0.0300. The lowest BCUT2D eigenvalue weighted by molar-refractivity contribution is -0.108. The molecule has 3 rings (SSSR count). The Kier molecular flexibility index (Phi) is 2.88. The number of benzene rings is 2. The van der Waals surface area contributed by atoms with Crippen molar-refractivity contribution >= 4 is 33.0 Å². The van der Waals surface area contributed by atoms with Crippen molar-refractivity contribution in [3.8, 4) is 5.75 Å². The average Bonchev–Trinajstić information content (AvgIpc) is 2.73. The van der Waals surface area contributed by atoms with E-state index in [2.05, 4.69) is 4.72 Å². The van der Waals surface area contributed by atoms with Crippen molar-refractivity contribution in [1.29, 1.82) is 0 Å². The summed E-state index contributed by atoms with van der Waals surface area (Å²) in [5.74, 6) is -0.138. The zero-order chi connectivity index (χ0) is 14.3. The van der Waals surface area contributed by atoms with Crippen LogP contribution in [0, 0.1) is 0 Å². The number of carbonyl (C=O) groups is 1. The minimum atomic E-state index is -3.80. The third kappa shape index (κ3) is 2.00. The lowest BCUT2D eigenvalue weighted by atomic mass is 10.1. The van der Waals surface area contributed by atoms with Gasteiger partial charge in [0.1, 0.15) is 12.0 Å². The Morgan fingerprint density at radius 3 is 2.50 bits per heavy atom. The average molecular weight is 292 g/mol. The van der Waals surface area contributed by atoms with Gasteiger partial charge in [0.25, 0.3) is 0 Å². The van der Waals surface area contributed by atoms with Crippen LogP contribution in [0.25, 0.3) is 10.8 Å². The molecule has 0 saturated carbocycles. The molecule has 0 spiro atoms. The van der Waals surface area contributed by atoms with Crippen LogP contribution in [0.1, 0.15) is 0 Å². The molecule has 2 N–H and O–H groups in total. The Morgan fingerprint density at radius 2 is 1.90 bits per heavy atom. The molecule has 1 aliphatic heterocycles. The number of hydrogen-bond donors (Lipinski definition) is 2. The number of phenols is 1. The summed E-state index contributed by atoms with van der Waals surface area (Å²) < 4.78 is 27.2. The molecule has 0 amide bonds. The topological polar surface area (TPSA) is 86.7 Å². The van der Waals surface area contributed by atoms with Gasteiger partial charge in [-0.15, -0.1) is 0 Å². The predicted octanol–water partition coefficient (Wildman–Crippen LogP) is 0.767. The summed E-state index contributed by atoms with van der Waals surface area (Å²) in [5.41, 5.74) is 0.167. The second-order valence-corrected chi connectivity index (χ2v) is 6.21. The maximum atomic E-state index is 12.0. The highest BCUT2D eigenvalue weighted by atomic mass is 32.2. The minimum Gasteiger partial charge on any atom is -0.506 e. The highest BCUT2D eigenvalue weighted by Crippen LogP contribution is 2.34. The van der Waals surface area contributed by atoms with E-state index >= 15 is 0 Å². The lowest BCUT2D eigenvalue weighted by Gasteiger charge is -2.17. The van der Waals surface area contributed by atoms with Crippen molar-refractivity contribution in [2.75, 3.05) is 10.8 Å². The molecule has 0 radical (unpaired) electrons. The van der Waals surface area contributed by atoms with Gasteiger partial charge in [0.15, 0.2) is 0 Å². The largest absolute Gasteiger partial charge is 0.506 e. The maximum Gasteiger partial charge on any atom is 0.302 e. The van der Waals surface area contributed by atoms with Gasteiger partial charge < -0.3 is 9.90 Å². The molecular weight excluding hydrogens is 280 g/mol. The number of rotatable bonds is 2. The molecule has 0 aliphatic carbocycles. The van der Waals surface area contributed by atoms with Crippen LogP contribution in [0.5, 0.6) is 5.75 Å². The van der Waals surface area contributed by atoms with Gasteiger partial charge in [0.05, 0.1) is 18.3 Å². The Labute approximate surface area is 115 Å². The number of fused-ring (bicyclic) bond motifs is 1. The van der Waals surface area contributed by atoms with Crippen molar-refractivity contribution in [2.45, 2.75) is 6.04 Å². The van der Waals surface area contributed by atoms with E-state index in [9.17, 15) is 18.3 Å². The van der Waals surface area contributed by atoms with Crippen molar-refractivity contribution in [3.63, 3.8) is 0 Å². The highest BCUT2D eigenvalue weighted by molar-refractivity contribution is 7.91. The number of carbonyl (C=O) groups excluding carboxylic acids is 1. The van der Waals surface area contributed by atoms with Gasteiger partial charge in [-0.25, -0.2) is 0 Å². The van der Waals surface area contributed by atoms with Crippen LogP contribution >= 0.6 is 0 Å². The molecule has 20 heavy (non-hydrogen) atoms. The van der Waals surface area contributed by atoms with Gasteiger partial charge in [-0.05, 0) is 22.9 Å². The van der Waals surface area contributed by atoms with Crippen molar-refractivity contribution in [1.82, 2.24) is 4.72 Å². The number of nitrogens with one attached hydrogen (secondary N) is 1. The van der Waals surface area contributed by atoms with E-state index in [4.69, 9.17) is 0 Å². The molecule has 104 valence electrons. The van der Waals surface area contributed by atoms with Crippen LogP contribution in [0.3, 0.4) is 0 Å². The number of phenolic OH excluding ortho intramolecular Hbond substituents is 1. The van der Waals surface area contributed by atoms with Gasteiger partial charge in [-0.1, -0.05) is 24.3 Å². The fraction of sp³-hybridized carbons (Fsp3) is 0.154. The van der Waals surface area contributed by atoms with E-state index in [1.807, 2.05) is 24.3 Å². The predicted molar refractivity (Wildman–Crippen MR) is 74.9 cm³/mol. The second-order valence-electron chi connectivity index (χ2n) is 4.58. The lowest BCUT2D eigenvalue weighted by Crippen LogP contribution is -2.30. The van der Waals surface area contributed by atoms with E-state index in [1.165, 1.54) is 6.07 Å². The number of aromatic hydroxyl groups is 1.